The second kappa shape index (κ2) is 3.74. The third-order valence-electron chi connectivity index (χ3n) is 1.32. The summed E-state index contributed by atoms with van der Waals surface area (Å²) in [4.78, 5) is 11.1. The molecule has 0 aromatic heterocycles. The monoisotopic (exact) mass is 159 g/mol. The van der Waals surface area contributed by atoms with Gasteiger partial charge in [-0.1, -0.05) is 34.6 Å². The molecule has 0 spiro atoms. The van der Waals surface area contributed by atoms with E-state index in [0.29, 0.717) is 0 Å². The van der Waals surface area contributed by atoms with Crippen LogP contribution in [0.1, 0.15) is 36.0 Å². The quantitative estimate of drug-likeness (QED) is 0.656. The highest BCUT2D eigenvalue weighted by molar-refractivity contribution is 5.77. The highest BCUT2D eigenvalue weighted by atomic mass is 16.1. The molecule has 0 fully saturated rings. The van der Waals surface area contributed by atoms with Gasteiger partial charge in [0.1, 0.15) is 0 Å². The van der Waals surface area contributed by atoms with Gasteiger partial charge in [0.25, 0.3) is 0 Å². The Hall–Kier alpha value is -0.530. The first kappa shape index (κ1) is 10.5. The number of carbonyl (C=O) groups excluding carboxylic acids is 1. The van der Waals surface area contributed by atoms with E-state index in [1.54, 1.807) is 0 Å². The van der Waals surface area contributed by atoms with E-state index in [2.05, 4.69) is 26.1 Å². The van der Waals surface area contributed by atoms with E-state index in [-0.39, 0.29) is 18.7 Å². The molecular weight excluding hydrogens is 138 g/mol. The maximum atomic E-state index is 11.1. The lowest BCUT2D eigenvalue weighted by atomic mass is 9.97. The highest BCUT2D eigenvalue weighted by Gasteiger charge is 2.13. The van der Waals surface area contributed by atoms with Crippen molar-refractivity contribution in [3.05, 3.63) is 0 Å². The van der Waals surface area contributed by atoms with Gasteiger partial charge in [-0.3, -0.25) is 4.79 Å². The van der Waals surface area contributed by atoms with Crippen LogP contribution in [-0.4, -0.2) is 12.5 Å². The molecule has 0 bridgehead atoms. The van der Waals surface area contributed by atoms with Gasteiger partial charge in [-0.05, 0) is 5.41 Å². The van der Waals surface area contributed by atoms with Crippen LogP contribution in [0.2, 0.25) is 0 Å². The second-order valence-electron chi connectivity index (χ2n) is 4.43. The molecule has 2 nitrogen and oxygen atoms in total. The largest absolute Gasteiger partial charge is 0.355 e. The van der Waals surface area contributed by atoms with Crippen molar-refractivity contribution in [3.8, 4) is 0 Å². The Labute approximate surface area is 70.9 Å². The summed E-state index contributed by atoms with van der Waals surface area (Å²) in [5.74, 6) is 0.234. The zero-order valence-corrected chi connectivity index (χ0v) is 8.19. The molecule has 2 heteroatoms. The molecule has 0 aromatic rings. The normalized spacial score (nSPS) is 11.8. The number of carbonyl (C=O) groups is 1. The standard InChI is InChI=1S/C9H19NO.H2/c1-7(2)8(11)10-6-9(3,4)5;/h7H,6H2,1-5H3,(H,10,11);1H. The van der Waals surface area contributed by atoms with Crippen molar-refractivity contribution in [3.63, 3.8) is 0 Å². The molecule has 0 heterocycles. The van der Waals surface area contributed by atoms with Crippen LogP contribution in [0.4, 0.5) is 0 Å². The van der Waals surface area contributed by atoms with Crippen LogP contribution in [-0.2, 0) is 4.79 Å². The molecular formula is C9H21NO. The molecule has 0 atom stereocenters. The molecule has 0 saturated heterocycles. The van der Waals surface area contributed by atoms with Crippen LogP contribution in [0.3, 0.4) is 0 Å². The summed E-state index contributed by atoms with van der Waals surface area (Å²) in [6.45, 7) is 10.9. The predicted molar refractivity (Wildman–Crippen MR) is 49.4 cm³/mol. The summed E-state index contributed by atoms with van der Waals surface area (Å²) in [6.07, 6.45) is 0. The van der Waals surface area contributed by atoms with Crippen LogP contribution >= 0.6 is 0 Å². The number of amides is 1. The molecule has 0 radical (unpaired) electrons. The van der Waals surface area contributed by atoms with Crippen LogP contribution < -0.4 is 5.32 Å². The maximum Gasteiger partial charge on any atom is 0.222 e. The molecule has 0 rings (SSSR count). The molecule has 0 aliphatic carbocycles. The zero-order valence-electron chi connectivity index (χ0n) is 8.19. The van der Waals surface area contributed by atoms with Gasteiger partial charge in [-0.15, -0.1) is 0 Å². The first-order valence-electron chi connectivity index (χ1n) is 4.10. The van der Waals surface area contributed by atoms with Crippen LogP contribution in [0.5, 0.6) is 0 Å². The molecule has 0 aliphatic rings. The van der Waals surface area contributed by atoms with Crippen molar-refractivity contribution in [1.82, 2.24) is 5.32 Å². The average Bonchev–Trinajstić information content (AvgIpc) is 1.80. The van der Waals surface area contributed by atoms with Crippen LogP contribution in [0, 0.1) is 11.3 Å². The lowest BCUT2D eigenvalue weighted by Gasteiger charge is -2.19. The summed E-state index contributed by atoms with van der Waals surface area (Å²) >= 11 is 0. The Morgan fingerprint density at radius 3 is 2.18 bits per heavy atom. The average molecular weight is 159 g/mol. The summed E-state index contributed by atoms with van der Waals surface area (Å²) in [5, 5.41) is 2.88. The lowest BCUT2D eigenvalue weighted by molar-refractivity contribution is -0.124. The van der Waals surface area contributed by atoms with Crippen molar-refractivity contribution < 1.29 is 6.22 Å². The second-order valence-corrected chi connectivity index (χ2v) is 4.43. The Morgan fingerprint density at radius 2 is 1.91 bits per heavy atom. The minimum atomic E-state index is 0. The minimum Gasteiger partial charge on any atom is -0.355 e. The Morgan fingerprint density at radius 1 is 1.45 bits per heavy atom. The van der Waals surface area contributed by atoms with Gasteiger partial charge >= 0.3 is 0 Å². The summed E-state index contributed by atoms with van der Waals surface area (Å²) in [6, 6.07) is 0. The molecule has 0 unspecified atom stereocenters. The number of hydrogen-bond donors (Lipinski definition) is 1. The van der Waals surface area contributed by atoms with Gasteiger partial charge in [-0.2, -0.15) is 0 Å². The fourth-order valence-corrected chi connectivity index (χ4v) is 0.556. The minimum absolute atomic E-state index is 0. The van der Waals surface area contributed by atoms with E-state index in [1.807, 2.05) is 13.8 Å². The molecule has 1 amide bonds. The van der Waals surface area contributed by atoms with E-state index >= 15 is 0 Å². The lowest BCUT2D eigenvalue weighted by Crippen LogP contribution is -2.34. The van der Waals surface area contributed by atoms with E-state index < -0.39 is 0 Å². The number of hydrogen-bond acceptors (Lipinski definition) is 1. The Balaban J connectivity index is 0. The fourth-order valence-electron chi connectivity index (χ4n) is 0.556. The molecule has 0 aromatic carbocycles. The van der Waals surface area contributed by atoms with Gasteiger partial charge in [0.2, 0.25) is 5.91 Å². The van der Waals surface area contributed by atoms with Crippen LogP contribution in [0.15, 0.2) is 0 Å². The molecule has 0 aliphatic heterocycles. The van der Waals surface area contributed by atoms with Crippen molar-refractivity contribution >= 4 is 5.91 Å². The van der Waals surface area contributed by atoms with E-state index in [4.69, 9.17) is 0 Å². The molecule has 11 heavy (non-hydrogen) atoms. The summed E-state index contributed by atoms with van der Waals surface area (Å²) in [5.41, 5.74) is 0.185. The van der Waals surface area contributed by atoms with Gasteiger partial charge in [0.15, 0.2) is 0 Å². The number of rotatable bonds is 2. The van der Waals surface area contributed by atoms with E-state index in [1.165, 1.54) is 0 Å². The van der Waals surface area contributed by atoms with Gasteiger partial charge in [-0.25, -0.2) is 0 Å². The predicted octanol–water partition coefficient (Wildman–Crippen LogP) is 2.05. The third kappa shape index (κ3) is 5.89. The zero-order chi connectivity index (χ0) is 9.07. The van der Waals surface area contributed by atoms with Crippen molar-refractivity contribution in [2.45, 2.75) is 34.6 Å². The SMILES string of the molecule is CC(C)C(=O)NCC(C)(C)C.[HH]. The fraction of sp³-hybridized carbons (Fsp3) is 0.889. The van der Waals surface area contributed by atoms with E-state index in [9.17, 15) is 4.79 Å². The number of nitrogens with one attached hydrogen (secondary N) is 1. The third-order valence-corrected chi connectivity index (χ3v) is 1.32. The maximum absolute atomic E-state index is 11.1. The topological polar surface area (TPSA) is 29.1 Å². The van der Waals surface area contributed by atoms with Crippen molar-refractivity contribution in [1.29, 1.82) is 0 Å². The van der Waals surface area contributed by atoms with Crippen molar-refractivity contribution in [2.75, 3.05) is 6.54 Å². The molecule has 68 valence electrons. The van der Waals surface area contributed by atoms with E-state index in [0.717, 1.165) is 6.54 Å². The van der Waals surface area contributed by atoms with Crippen molar-refractivity contribution in [2.24, 2.45) is 11.3 Å². The summed E-state index contributed by atoms with van der Waals surface area (Å²) < 4.78 is 0. The van der Waals surface area contributed by atoms with Gasteiger partial charge in [0, 0.05) is 13.9 Å². The van der Waals surface area contributed by atoms with Gasteiger partial charge < -0.3 is 5.32 Å². The summed E-state index contributed by atoms with van der Waals surface area (Å²) in [7, 11) is 0. The first-order valence-corrected chi connectivity index (χ1v) is 4.10. The van der Waals surface area contributed by atoms with Gasteiger partial charge in [0.05, 0.1) is 0 Å². The molecule has 1 N–H and O–H groups in total. The smallest absolute Gasteiger partial charge is 0.222 e. The first-order chi connectivity index (χ1) is 4.83. The van der Waals surface area contributed by atoms with Crippen LogP contribution in [0.25, 0.3) is 0 Å². The Kier molecular flexibility index (Phi) is 3.56. The molecule has 0 saturated carbocycles. The highest BCUT2D eigenvalue weighted by Crippen LogP contribution is 2.10. The Bertz CT molecular complexity index is 138.